The van der Waals surface area contributed by atoms with E-state index in [1.165, 1.54) is 5.56 Å². The first kappa shape index (κ1) is 16.5. The van der Waals surface area contributed by atoms with Gasteiger partial charge in [0.25, 0.3) is 5.91 Å². The molecule has 2 N–H and O–H groups in total. The standard InChI is InChI=1S/C17H25N3O2/c1-17(2,3)14-6-4-13(5-7-14)16(22)19-12-15(21)20-10-8-18-9-11-20/h4-7,18H,8-12H2,1-3H3,(H,19,22). The molecule has 1 saturated heterocycles. The fourth-order valence-electron chi connectivity index (χ4n) is 2.41. The fraction of sp³-hybridized carbons (Fsp3) is 0.529. The number of benzene rings is 1. The number of rotatable bonds is 3. The van der Waals surface area contributed by atoms with Crippen molar-refractivity contribution in [3.8, 4) is 0 Å². The van der Waals surface area contributed by atoms with Crippen LogP contribution >= 0.6 is 0 Å². The molecule has 2 amide bonds. The maximum atomic E-state index is 12.1. The van der Waals surface area contributed by atoms with Gasteiger partial charge >= 0.3 is 0 Å². The highest BCUT2D eigenvalue weighted by Gasteiger charge is 2.18. The average Bonchev–Trinajstić information content (AvgIpc) is 2.52. The molecule has 22 heavy (non-hydrogen) atoms. The van der Waals surface area contributed by atoms with Crippen LogP contribution in [0.5, 0.6) is 0 Å². The van der Waals surface area contributed by atoms with Crippen LogP contribution in [0.1, 0.15) is 36.7 Å². The zero-order valence-electron chi connectivity index (χ0n) is 13.6. The summed E-state index contributed by atoms with van der Waals surface area (Å²) in [6, 6.07) is 7.55. The molecule has 1 heterocycles. The SMILES string of the molecule is CC(C)(C)c1ccc(C(=O)NCC(=O)N2CCNCC2)cc1. The monoisotopic (exact) mass is 303 g/mol. The largest absolute Gasteiger partial charge is 0.343 e. The highest BCUT2D eigenvalue weighted by molar-refractivity contribution is 5.96. The number of hydrogen-bond acceptors (Lipinski definition) is 3. The first-order valence-corrected chi connectivity index (χ1v) is 7.75. The van der Waals surface area contributed by atoms with Crippen molar-refractivity contribution < 1.29 is 9.59 Å². The second-order valence-corrected chi connectivity index (χ2v) is 6.64. The van der Waals surface area contributed by atoms with E-state index < -0.39 is 0 Å². The van der Waals surface area contributed by atoms with Crippen LogP contribution in [0.4, 0.5) is 0 Å². The average molecular weight is 303 g/mol. The Morgan fingerprint density at radius 2 is 1.73 bits per heavy atom. The Labute approximate surface area is 132 Å². The van der Waals surface area contributed by atoms with Crippen LogP contribution in [0.2, 0.25) is 0 Å². The number of hydrogen-bond donors (Lipinski definition) is 2. The van der Waals surface area contributed by atoms with Crippen molar-refractivity contribution in [1.82, 2.24) is 15.5 Å². The van der Waals surface area contributed by atoms with E-state index in [1.54, 1.807) is 4.90 Å². The lowest BCUT2D eigenvalue weighted by Gasteiger charge is -2.27. The third-order valence-corrected chi connectivity index (χ3v) is 3.88. The summed E-state index contributed by atoms with van der Waals surface area (Å²) in [5, 5.41) is 5.90. The van der Waals surface area contributed by atoms with E-state index in [0.717, 1.165) is 13.1 Å². The highest BCUT2D eigenvalue weighted by Crippen LogP contribution is 2.22. The van der Waals surface area contributed by atoms with E-state index in [-0.39, 0.29) is 23.8 Å². The molecule has 5 heteroatoms. The summed E-state index contributed by atoms with van der Waals surface area (Å²) in [6.45, 7) is 9.49. The highest BCUT2D eigenvalue weighted by atomic mass is 16.2. The van der Waals surface area contributed by atoms with Crippen LogP contribution in [0.15, 0.2) is 24.3 Å². The minimum absolute atomic E-state index is 0.0267. The number of amides is 2. The Morgan fingerprint density at radius 3 is 2.27 bits per heavy atom. The Balaban J connectivity index is 1.88. The molecule has 0 unspecified atom stereocenters. The summed E-state index contributed by atoms with van der Waals surface area (Å²) in [7, 11) is 0. The number of nitrogens with one attached hydrogen (secondary N) is 2. The van der Waals surface area contributed by atoms with E-state index >= 15 is 0 Å². The predicted octanol–water partition coefficient (Wildman–Crippen LogP) is 1.15. The normalized spacial score (nSPS) is 15.5. The molecule has 0 spiro atoms. The molecular weight excluding hydrogens is 278 g/mol. The molecule has 120 valence electrons. The van der Waals surface area contributed by atoms with Gasteiger partial charge in [-0.05, 0) is 23.1 Å². The lowest BCUT2D eigenvalue weighted by molar-refractivity contribution is -0.130. The van der Waals surface area contributed by atoms with Crippen LogP contribution in [0, 0.1) is 0 Å². The van der Waals surface area contributed by atoms with Gasteiger partial charge in [0.15, 0.2) is 0 Å². The third-order valence-electron chi connectivity index (χ3n) is 3.88. The second-order valence-electron chi connectivity index (χ2n) is 6.64. The summed E-state index contributed by atoms with van der Waals surface area (Å²) in [5.74, 6) is -0.231. The van der Waals surface area contributed by atoms with Crippen LogP contribution in [0.3, 0.4) is 0 Å². The van der Waals surface area contributed by atoms with E-state index in [1.807, 2.05) is 24.3 Å². The predicted molar refractivity (Wildman–Crippen MR) is 86.9 cm³/mol. The lowest BCUT2D eigenvalue weighted by Crippen LogP contribution is -2.49. The lowest BCUT2D eigenvalue weighted by atomic mass is 9.87. The maximum Gasteiger partial charge on any atom is 0.251 e. The minimum atomic E-state index is -0.205. The number of carbonyl (C=O) groups excluding carboxylic acids is 2. The van der Waals surface area contributed by atoms with Gasteiger partial charge in [0.1, 0.15) is 0 Å². The van der Waals surface area contributed by atoms with Crippen LogP contribution in [-0.2, 0) is 10.2 Å². The van der Waals surface area contributed by atoms with Crippen LogP contribution in [-0.4, -0.2) is 49.4 Å². The summed E-state index contributed by atoms with van der Waals surface area (Å²) >= 11 is 0. The molecule has 0 radical (unpaired) electrons. The van der Waals surface area contributed by atoms with Crippen molar-refractivity contribution in [3.05, 3.63) is 35.4 Å². The van der Waals surface area contributed by atoms with E-state index in [2.05, 4.69) is 31.4 Å². The van der Waals surface area contributed by atoms with E-state index in [0.29, 0.717) is 18.7 Å². The molecule has 0 atom stereocenters. The molecule has 1 aliphatic rings. The van der Waals surface area contributed by atoms with Crippen molar-refractivity contribution in [2.45, 2.75) is 26.2 Å². The van der Waals surface area contributed by atoms with Gasteiger partial charge in [-0.25, -0.2) is 0 Å². The topological polar surface area (TPSA) is 61.4 Å². The van der Waals surface area contributed by atoms with E-state index in [9.17, 15) is 9.59 Å². The van der Waals surface area contributed by atoms with Gasteiger partial charge in [0, 0.05) is 31.7 Å². The Bertz CT molecular complexity index is 526. The second kappa shape index (κ2) is 6.92. The number of carbonyl (C=O) groups is 2. The fourth-order valence-corrected chi connectivity index (χ4v) is 2.41. The van der Waals surface area contributed by atoms with Crippen molar-refractivity contribution in [2.24, 2.45) is 0 Å². The molecule has 2 rings (SSSR count). The summed E-state index contributed by atoms with van der Waals surface area (Å²) in [5.41, 5.74) is 1.83. The van der Waals surface area contributed by atoms with Crippen molar-refractivity contribution in [3.63, 3.8) is 0 Å². The molecule has 1 aliphatic heterocycles. The van der Waals surface area contributed by atoms with Gasteiger partial charge in [-0.3, -0.25) is 9.59 Å². The summed E-state index contributed by atoms with van der Waals surface area (Å²) < 4.78 is 0. The van der Waals surface area contributed by atoms with Gasteiger partial charge in [-0.1, -0.05) is 32.9 Å². The molecule has 0 bridgehead atoms. The molecule has 1 fully saturated rings. The molecule has 0 saturated carbocycles. The van der Waals surface area contributed by atoms with E-state index in [4.69, 9.17) is 0 Å². The Hall–Kier alpha value is -1.88. The minimum Gasteiger partial charge on any atom is -0.343 e. The molecular formula is C17H25N3O2. The summed E-state index contributed by atoms with van der Waals surface area (Å²) in [4.78, 5) is 25.9. The van der Waals surface area contributed by atoms with Crippen LogP contribution < -0.4 is 10.6 Å². The van der Waals surface area contributed by atoms with Gasteiger partial charge < -0.3 is 15.5 Å². The molecule has 1 aromatic carbocycles. The first-order chi connectivity index (χ1) is 10.4. The molecule has 5 nitrogen and oxygen atoms in total. The third kappa shape index (κ3) is 4.31. The molecule has 0 aliphatic carbocycles. The van der Waals surface area contributed by atoms with Crippen molar-refractivity contribution in [2.75, 3.05) is 32.7 Å². The zero-order chi connectivity index (χ0) is 16.2. The van der Waals surface area contributed by atoms with Gasteiger partial charge in [-0.2, -0.15) is 0 Å². The summed E-state index contributed by atoms with van der Waals surface area (Å²) in [6.07, 6.45) is 0. The Morgan fingerprint density at radius 1 is 1.14 bits per heavy atom. The molecule has 0 aromatic heterocycles. The quantitative estimate of drug-likeness (QED) is 0.880. The first-order valence-electron chi connectivity index (χ1n) is 7.75. The smallest absolute Gasteiger partial charge is 0.251 e. The zero-order valence-corrected chi connectivity index (χ0v) is 13.6. The maximum absolute atomic E-state index is 12.1. The van der Waals surface area contributed by atoms with Crippen molar-refractivity contribution >= 4 is 11.8 Å². The Kier molecular flexibility index (Phi) is 5.19. The van der Waals surface area contributed by atoms with Gasteiger partial charge in [-0.15, -0.1) is 0 Å². The van der Waals surface area contributed by atoms with Crippen LogP contribution in [0.25, 0.3) is 0 Å². The van der Waals surface area contributed by atoms with Crippen molar-refractivity contribution in [1.29, 1.82) is 0 Å². The number of piperazine rings is 1. The number of nitrogens with zero attached hydrogens (tertiary/aromatic N) is 1. The van der Waals surface area contributed by atoms with Gasteiger partial charge in [0.05, 0.1) is 6.54 Å². The van der Waals surface area contributed by atoms with Gasteiger partial charge in [0.2, 0.25) is 5.91 Å². The molecule has 1 aromatic rings.